The fourth-order valence-electron chi connectivity index (χ4n) is 2.11. The molecule has 1 fully saturated rings. The molecule has 0 amide bonds. The number of sulfonamides is 1. The molecule has 2 rings (SSSR count). The third-order valence-electron chi connectivity index (χ3n) is 3.51. The molecule has 0 unspecified atom stereocenters. The van der Waals surface area contributed by atoms with Gasteiger partial charge in [-0.25, -0.2) is 12.8 Å². The lowest BCUT2D eigenvalue weighted by Gasteiger charge is -2.26. The molecule has 1 aliphatic carbocycles. The molecular formula is C14H20FNO3S. The molecule has 6 heteroatoms. The van der Waals surface area contributed by atoms with Crippen LogP contribution in [0.2, 0.25) is 0 Å². The van der Waals surface area contributed by atoms with Crippen LogP contribution in [0.15, 0.2) is 23.1 Å². The van der Waals surface area contributed by atoms with Crippen LogP contribution in [-0.4, -0.2) is 30.4 Å². The molecule has 0 saturated heterocycles. The van der Waals surface area contributed by atoms with Crippen LogP contribution in [0.5, 0.6) is 0 Å². The summed E-state index contributed by atoms with van der Waals surface area (Å²) in [6.07, 6.45) is 2.12. The van der Waals surface area contributed by atoms with Crippen molar-refractivity contribution >= 4 is 10.0 Å². The van der Waals surface area contributed by atoms with Gasteiger partial charge in [-0.15, -0.1) is 0 Å². The monoisotopic (exact) mass is 301 g/mol. The zero-order valence-electron chi connectivity index (χ0n) is 11.7. The largest absolute Gasteiger partial charge is 0.392 e. The Labute approximate surface area is 119 Å². The fraction of sp³-hybridized carbons (Fsp3) is 0.571. The second kappa shape index (κ2) is 5.79. The van der Waals surface area contributed by atoms with Gasteiger partial charge in [0.15, 0.2) is 0 Å². The zero-order chi connectivity index (χ0) is 14.9. The van der Waals surface area contributed by atoms with E-state index in [4.69, 9.17) is 5.11 Å². The molecule has 1 aromatic rings. The van der Waals surface area contributed by atoms with E-state index in [-0.39, 0.29) is 16.5 Å². The Morgan fingerprint density at radius 1 is 1.40 bits per heavy atom. The van der Waals surface area contributed by atoms with Crippen molar-refractivity contribution in [2.24, 2.45) is 5.92 Å². The highest BCUT2D eigenvalue weighted by Gasteiger charge is 2.33. The number of nitrogens with zero attached hydrogens (tertiary/aromatic N) is 1. The first-order valence-corrected chi connectivity index (χ1v) is 8.21. The summed E-state index contributed by atoms with van der Waals surface area (Å²) in [7, 11) is -3.65. The third kappa shape index (κ3) is 3.19. The number of hydrogen-bond donors (Lipinski definition) is 1. The molecule has 0 aliphatic heterocycles. The minimum atomic E-state index is -3.65. The van der Waals surface area contributed by atoms with Gasteiger partial charge in [-0.2, -0.15) is 4.31 Å². The predicted molar refractivity (Wildman–Crippen MR) is 74.1 cm³/mol. The highest BCUT2D eigenvalue weighted by Crippen LogP contribution is 2.32. The molecule has 0 radical (unpaired) electrons. The van der Waals surface area contributed by atoms with Crippen molar-refractivity contribution in [2.75, 3.05) is 6.54 Å². The Kier molecular flexibility index (Phi) is 4.46. The lowest BCUT2D eigenvalue weighted by atomic mass is 10.2. The number of benzene rings is 1. The van der Waals surface area contributed by atoms with Crippen LogP contribution >= 0.6 is 0 Å². The van der Waals surface area contributed by atoms with Gasteiger partial charge in [-0.1, -0.05) is 0 Å². The summed E-state index contributed by atoms with van der Waals surface area (Å²) >= 11 is 0. The predicted octanol–water partition coefficient (Wildman–Crippen LogP) is 2.13. The van der Waals surface area contributed by atoms with Crippen molar-refractivity contribution in [1.29, 1.82) is 0 Å². The molecular weight excluding hydrogens is 281 g/mol. The second-order valence-corrected chi connectivity index (χ2v) is 7.41. The molecule has 0 heterocycles. The maximum absolute atomic E-state index is 13.4. The quantitative estimate of drug-likeness (QED) is 0.875. The molecule has 0 spiro atoms. The van der Waals surface area contributed by atoms with E-state index in [1.54, 1.807) is 0 Å². The van der Waals surface area contributed by atoms with Crippen molar-refractivity contribution < 1.29 is 17.9 Å². The third-order valence-corrected chi connectivity index (χ3v) is 5.54. The summed E-state index contributed by atoms with van der Waals surface area (Å²) in [5.41, 5.74) is 0.00111. The van der Waals surface area contributed by atoms with Crippen molar-refractivity contribution in [1.82, 2.24) is 4.31 Å². The molecule has 1 N–H and O–H groups in total. The second-order valence-electron chi connectivity index (χ2n) is 5.52. The smallest absolute Gasteiger partial charge is 0.243 e. The van der Waals surface area contributed by atoms with Crippen LogP contribution in [0.1, 0.15) is 32.3 Å². The van der Waals surface area contributed by atoms with Gasteiger partial charge in [0.2, 0.25) is 10.0 Å². The Balaban J connectivity index is 2.36. The van der Waals surface area contributed by atoms with Gasteiger partial charge in [0.25, 0.3) is 0 Å². The molecule has 20 heavy (non-hydrogen) atoms. The van der Waals surface area contributed by atoms with E-state index in [0.717, 1.165) is 18.9 Å². The Morgan fingerprint density at radius 3 is 2.55 bits per heavy atom. The van der Waals surface area contributed by atoms with Gasteiger partial charge in [-0.05, 0) is 50.8 Å². The van der Waals surface area contributed by atoms with Crippen molar-refractivity contribution in [3.05, 3.63) is 29.6 Å². The Hall–Kier alpha value is -0.980. The molecule has 0 aromatic heterocycles. The zero-order valence-corrected chi connectivity index (χ0v) is 12.5. The van der Waals surface area contributed by atoms with Gasteiger partial charge in [-0.3, -0.25) is 0 Å². The summed E-state index contributed by atoms with van der Waals surface area (Å²) < 4.78 is 40.1. The van der Waals surface area contributed by atoms with E-state index in [9.17, 15) is 12.8 Å². The highest BCUT2D eigenvalue weighted by molar-refractivity contribution is 7.89. The maximum Gasteiger partial charge on any atom is 0.243 e. The number of aliphatic hydroxyl groups excluding tert-OH is 1. The Morgan fingerprint density at radius 2 is 2.05 bits per heavy atom. The van der Waals surface area contributed by atoms with E-state index in [2.05, 4.69) is 0 Å². The SMILES string of the molecule is CC(C)N(CC1CC1)S(=O)(=O)c1ccc(F)c(CO)c1. The first-order valence-electron chi connectivity index (χ1n) is 6.77. The van der Waals surface area contributed by atoms with E-state index in [1.807, 2.05) is 13.8 Å². The van der Waals surface area contributed by atoms with Gasteiger partial charge < -0.3 is 5.11 Å². The summed E-state index contributed by atoms with van der Waals surface area (Å²) in [5, 5.41) is 9.06. The number of rotatable bonds is 6. The first kappa shape index (κ1) is 15.4. The van der Waals surface area contributed by atoms with Crippen LogP contribution in [0, 0.1) is 11.7 Å². The Bertz CT molecular complexity index is 582. The average molecular weight is 301 g/mol. The van der Waals surface area contributed by atoms with E-state index >= 15 is 0 Å². The molecule has 1 aliphatic rings. The molecule has 1 aromatic carbocycles. The molecule has 112 valence electrons. The first-order chi connectivity index (χ1) is 9.36. The topological polar surface area (TPSA) is 57.6 Å². The molecule has 0 atom stereocenters. The van der Waals surface area contributed by atoms with E-state index in [1.165, 1.54) is 16.4 Å². The minimum absolute atomic E-state index is 0.00111. The summed E-state index contributed by atoms with van der Waals surface area (Å²) in [6, 6.07) is 3.41. The van der Waals surface area contributed by atoms with Gasteiger partial charge in [0.05, 0.1) is 11.5 Å². The van der Waals surface area contributed by atoms with Crippen LogP contribution in [0.25, 0.3) is 0 Å². The maximum atomic E-state index is 13.4. The van der Waals surface area contributed by atoms with E-state index in [0.29, 0.717) is 12.5 Å². The average Bonchev–Trinajstić information content (AvgIpc) is 3.19. The molecule has 0 bridgehead atoms. The standard InChI is InChI=1S/C14H20FNO3S/c1-10(2)16(8-11-3-4-11)20(18,19)13-5-6-14(15)12(7-13)9-17/h5-7,10-11,17H,3-4,8-9H2,1-2H3. The van der Waals surface area contributed by atoms with Crippen molar-refractivity contribution in [3.8, 4) is 0 Å². The van der Waals surface area contributed by atoms with Crippen LogP contribution in [0.4, 0.5) is 4.39 Å². The van der Waals surface area contributed by atoms with Crippen molar-refractivity contribution in [3.63, 3.8) is 0 Å². The molecule has 4 nitrogen and oxygen atoms in total. The van der Waals surface area contributed by atoms with Gasteiger partial charge in [0.1, 0.15) is 5.82 Å². The summed E-state index contributed by atoms with van der Waals surface area (Å²) in [4.78, 5) is 0.0392. The fourth-order valence-corrected chi connectivity index (χ4v) is 3.87. The van der Waals surface area contributed by atoms with Crippen LogP contribution in [-0.2, 0) is 16.6 Å². The van der Waals surface area contributed by atoms with Crippen molar-refractivity contribution in [2.45, 2.75) is 44.2 Å². The lowest BCUT2D eigenvalue weighted by molar-refractivity contribution is 0.275. The summed E-state index contributed by atoms with van der Waals surface area (Å²) in [6.45, 7) is 3.65. The minimum Gasteiger partial charge on any atom is -0.392 e. The van der Waals surface area contributed by atoms with E-state index < -0.39 is 22.4 Å². The normalized spacial score (nSPS) is 16.1. The number of hydrogen-bond acceptors (Lipinski definition) is 3. The number of aliphatic hydroxyl groups is 1. The van der Waals surface area contributed by atoms with Gasteiger partial charge in [0, 0.05) is 18.2 Å². The van der Waals surface area contributed by atoms with Gasteiger partial charge >= 0.3 is 0 Å². The molecule has 1 saturated carbocycles. The van der Waals surface area contributed by atoms with Crippen LogP contribution in [0.3, 0.4) is 0 Å². The lowest BCUT2D eigenvalue weighted by Crippen LogP contribution is -2.38. The summed E-state index contributed by atoms with van der Waals surface area (Å²) in [5.74, 6) is -0.158. The van der Waals surface area contributed by atoms with Crippen LogP contribution < -0.4 is 0 Å². The highest BCUT2D eigenvalue weighted by atomic mass is 32.2. The number of halogens is 1.